The minimum atomic E-state index is -0.561. The van der Waals surface area contributed by atoms with Gasteiger partial charge in [-0.3, -0.25) is 9.59 Å². The lowest BCUT2D eigenvalue weighted by molar-refractivity contribution is -0.133. The van der Waals surface area contributed by atoms with Gasteiger partial charge >= 0.3 is 0 Å². The Labute approximate surface area is 148 Å². The zero-order chi connectivity index (χ0) is 17.6. The fraction of sp³-hybridized carbons (Fsp3) is 0.529. The van der Waals surface area contributed by atoms with E-state index in [1.54, 1.807) is 17.0 Å². The van der Waals surface area contributed by atoms with Crippen molar-refractivity contribution in [2.75, 3.05) is 13.1 Å². The van der Waals surface area contributed by atoms with Gasteiger partial charge in [-0.15, -0.1) is 0 Å². The molecule has 0 aliphatic heterocycles. The maximum atomic E-state index is 12.6. The molecule has 1 unspecified atom stereocenters. The Balaban J connectivity index is 2.96. The molecule has 0 saturated carbocycles. The molecule has 0 radical (unpaired) electrons. The maximum Gasteiger partial charge on any atom is 0.253 e. The highest BCUT2D eigenvalue weighted by Gasteiger charge is 2.26. The Hall–Kier alpha value is -1.26. The van der Waals surface area contributed by atoms with E-state index >= 15 is 0 Å². The topological polar surface area (TPSA) is 49.4 Å². The number of benzene rings is 1. The fourth-order valence-corrected chi connectivity index (χ4v) is 2.85. The van der Waals surface area contributed by atoms with Gasteiger partial charge in [0, 0.05) is 18.1 Å². The molecule has 1 atom stereocenters. The maximum absolute atomic E-state index is 12.6. The van der Waals surface area contributed by atoms with E-state index in [4.69, 9.17) is 23.2 Å². The van der Waals surface area contributed by atoms with Gasteiger partial charge in [0.05, 0.1) is 10.6 Å². The summed E-state index contributed by atoms with van der Waals surface area (Å²) in [5.41, 5.74) is 0.317. The molecule has 23 heavy (non-hydrogen) atoms. The molecule has 0 fully saturated rings. The second-order valence-electron chi connectivity index (χ2n) is 5.79. The van der Waals surface area contributed by atoms with Crippen molar-refractivity contribution in [3.63, 3.8) is 0 Å². The molecule has 0 spiro atoms. The zero-order valence-electron chi connectivity index (χ0n) is 14.0. The Morgan fingerprint density at radius 1 is 1.17 bits per heavy atom. The molecule has 1 aromatic rings. The van der Waals surface area contributed by atoms with E-state index in [0.717, 1.165) is 0 Å². The van der Waals surface area contributed by atoms with E-state index in [9.17, 15) is 9.59 Å². The van der Waals surface area contributed by atoms with Crippen LogP contribution in [0.2, 0.25) is 10.0 Å². The number of nitrogens with one attached hydrogen (secondary N) is 1. The number of rotatable bonds is 7. The van der Waals surface area contributed by atoms with Crippen molar-refractivity contribution in [3.05, 3.63) is 33.8 Å². The second-order valence-corrected chi connectivity index (χ2v) is 6.63. The quantitative estimate of drug-likeness (QED) is 0.800. The molecule has 6 heteroatoms. The first-order chi connectivity index (χ1) is 10.8. The lowest BCUT2D eigenvalue weighted by Crippen LogP contribution is -2.49. The summed E-state index contributed by atoms with van der Waals surface area (Å²) in [6.45, 7) is 9.11. The third kappa shape index (κ3) is 5.70. The molecule has 128 valence electrons. The van der Waals surface area contributed by atoms with Crippen molar-refractivity contribution in [2.24, 2.45) is 5.92 Å². The van der Waals surface area contributed by atoms with Gasteiger partial charge in [0.15, 0.2) is 0 Å². The number of amides is 2. The number of halogens is 2. The molecule has 0 aliphatic carbocycles. The van der Waals surface area contributed by atoms with Crippen LogP contribution in [0.25, 0.3) is 0 Å². The molecular weight excluding hydrogens is 335 g/mol. The molecular formula is C17H24Cl2N2O2. The van der Waals surface area contributed by atoms with E-state index in [2.05, 4.69) is 5.32 Å². The van der Waals surface area contributed by atoms with Crippen LogP contribution < -0.4 is 5.32 Å². The van der Waals surface area contributed by atoms with Gasteiger partial charge in [-0.25, -0.2) is 0 Å². The van der Waals surface area contributed by atoms with Crippen LogP contribution in [0.3, 0.4) is 0 Å². The van der Waals surface area contributed by atoms with Crippen molar-refractivity contribution in [1.29, 1.82) is 0 Å². The lowest BCUT2D eigenvalue weighted by Gasteiger charge is -2.27. The standard InChI is InChI=1S/C17H24Cl2N2O2/c1-5-21(6-2)17(23)15(9-11(3)4)20-16(22)13-8-7-12(18)10-14(13)19/h7-8,10-11,15H,5-6,9H2,1-4H3,(H,20,22). The zero-order valence-corrected chi connectivity index (χ0v) is 15.5. The molecule has 0 aliphatic rings. The van der Waals surface area contributed by atoms with Crippen LogP contribution in [0.15, 0.2) is 18.2 Å². The largest absolute Gasteiger partial charge is 0.341 e. The summed E-state index contributed by atoms with van der Waals surface area (Å²) in [6.07, 6.45) is 0.576. The predicted molar refractivity (Wildman–Crippen MR) is 95.1 cm³/mol. The summed E-state index contributed by atoms with van der Waals surface area (Å²) < 4.78 is 0. The van der Waals surface area contributed by atoms with E-state index in [0.29, 0.717) is 30.1 Å². The summed E-state index contributed by atoms with van der Waals surface area (Å²) >= 11 is 11.9. The predicted octanol–water partition coefficient (Wildman–Crippen LogP) is 4.01. The van der Waals surface area contributed by atoms with Gasteiger partial charge in [0.2, 0.25) is 5.91 Å². The van der Waals surface area contributed by atoms with Gasteiger partial charge in [-0.1, -0.05) is 37.0 Å². The number of hydrogen-bond acceptors (Lipinski definition) is 2. The lowest BCUT2D eigenvalue weighted by atomic mass is 10.0. The fourth-order valence-electron chi connectivity index (χ4n) is 2.36. The molecule has 0 saturated heterocycles. The van der Waals surface area contributed by atoms with Crippen LogP contribution >= 0.6 is 23.2 Å². The van der Waals surface area contributed by atoms with Crippen LogP contribution in [-0.4, -0.2) is 35.8 Å². The van der Waals surface area contributed by atoms with E-state index in [1.165, 1.54) is 6.07 Å². The van der Waals surface area contributed by atoms with Gasteiger partial charge in [0.25, 0.3) is 5.91 Å². The molecule has 1 rings (SSSR count). The average molecular weight is 359 g/mol. The second kappa shape index (κ2) is 9.14. The Kier molecular flexibility index (Phi) is 7.86. The average Bonchev–Trinajstić information content (AvgIpc) is 2.46. The summed E-state index contributed by atoms with van der Waals surface area (Å²) in [4.78, 5) is 26.8. The van der Waals surface area contributed by atoms with Crippen LogP contribution in [0.4, 0.5) is 0 Å². The van der Waals surface area contributed by atoms with Crippen LogP contribution in [0.1, 0.15) is 44.5 Å². The number of hydrogen-bond donors (Lipinski definition) is 1. The van der Waals surface area contributed by atoms with Crippen molar-refractivity contribution < 1.29 is 9.59 Å². The van der Waals surface area contributed by atoms with Crippen LogP contribution in [-0.2, 0) is 4.79 Å². The minimum absolute atomic E-state index is 0.0675. The SMILES string of the molecule is CCN(CC)C(=O)C(CC(C)C)NC(=O)c1ccc(Cl)cc1Cl. The van der Waals surface area contributed by atoms with Gasteiger partial charge in [0.1, 0.15) is 6.04 Å². The number of carbonyl (C=O) groups is 2. The highest BCUT2D eigenvalue weighted by Crippen LogP contribution is 2.21. The number of nitrogens with zero attached hydrogens (tertiary/aromatic N) is 1. The number of likely N-dealkylation sites (N-methyl/N-ethyl adjacent to an activating group) is 1. The molecule has 0 bridgehead atoms. The Bertz CT molecular complexity index is 558. The first-order valence-corrected chi connectivity index (χ1v) is 8.60. The van der Waals surface area contributed by atoms with Crippen LogP contribution in [0.5, 0.6) is 0 Å². The monoisotopic (exact) mass is 358 g/mol. The number of carbonyl (C=O) groups excluding carboxylic acids is 2. The third-order valence-electron chi connectivity index (χ3n) is 3.56. The van der Waals surface area contributed by atoms with Gasteiger partial charge in [-0.2, -0.15) is 0 Å². The molecule has 4 nitrogen and oxygen atoms in total. The Morgan fingerprint density at radius 3 is 2.26 bits per heavy atom. The normalized spacial score (nSPS) is 12.1. The smallest absolute Gasteiger partial charge is 0.253 e. The van der Waals surface area contributed by atoms with Crippen LogP contribution in [0, 0.1) is 5.92 Å². The summed E-state index contributed by atoms with van der Waals surface area (Å²) in [7, 11) is 0. The van der Waals surface area contributed by atoms with E-state index in [-0.39, 0.29) is 22.8 Å². The molecule has 1 aromatic carbocycles. The highest BCUT2D eigenvalue weighted by molar-refractivity contribution is 6.36. The summed E-state index contributed by atoms with van der Waals surface area (Å²) in [5.74, 6) is -0.152. The molecule has 0 heterocycles. The van der Waals surface area contributed by atoms with Crippen molar-refractivity contribution in [1.82, 2.24) is 10.2 Å². The molecule has 0 aromatic heterocycles. The summed E-state index contributed by atoms with van der Waals surface area (Å²) in [5, 5.41) is 3.55. The molecule has 1 N–H and O–H groups in total. The van der Waals surface area contributed by atoms with Crippen molar-refractivity contribution in [2.45, 2.75) is 40.2 Å². The summed E-state index contributed by atoms with van der Waals surface area (Å²) in [6, 6.07) is 4.12. The minimum Gasteiger partial charge on any atom is -0.341 e. The van der Waals surface area contributed by atoms with Gasteiger partial charge in [-0.05, 0) is 44.4 Å². The molecule has 2 amide bonds. The van der Waals surface area contributed by atoms with E-state index < -0.39 is 6.04 Å². The third-order valence-corrected chi connectivity index (χ3v) is 4.11. The first kappa shape index (κ1) is 19.8. The van der Waals surface area contributed by atoms with Crippen molar-refractivity contribution in [3.8, 4) is 0 Å². The van der Waals surface area contributed by atoms with E-state index in [1.807, 2.05) is 27.7 Å². The highest BCUT2D eigenvalue weighted by atomic mass is 35.5. The Morgan fingerprint density at radius 2 is 1.78 bits per heavy atom. The van der Waals surface area contributed by atoms with Gasteiger partial charge < -0.3 is 10.2 Å². The first-order valence-electron chi connectivity index (χ1n) is 7.84. The van der Waals surface area contributed by atoms with Crippen molar-refractivity contribution >= 4 is 35.0 Å².